The lowest BCUT2D eigenvalue weighted by atomic mass is 10.3. The van der Waals surface area contributed by atoms with E-state index in [0.29, 0.717) is 28.8 Å². The number of para-hydroxylation sites is 2. The third-order valence-corrected chi connectivity index (χ3v) is 4.20. The molecule has 3 rings (SSSR count). The molecule has 0 aliphatic rings. The predicted octanol–water partition coefficient (Wildman–Crippen LogP) is 3.61. The van der Waals surface area contributed by atoms with Crippen LogP contribution in [0.25, 0.3) is 11.0 Å². The van der Waals surface area contributed by atoms with Crippen molar-refractivity contribution in [3.05, 3.63) is 58.3 Å². The van der Waals surface area contributed by atoms with E-state index in [1.54, 1.807) is 18.2 Å². The maximum atomic E-state index is 11.8. The summed E-state index contributed by atoms with van der Waals surface area (Å²) in [5, 5.41) is 3.47. The van der Waals surface area contributed by atoms with Crippen LogP contribution in [0.2, 0.25) is 10.0 Å². The van der Waals surface area contributed by atoms with Gasteiger partial charge in [-0.15, -0.1) is 0 Å². The van der Waals surface area contributed by atoms with E-state index < -0.39 is 0 Å². The number of imidazole rings is 1. The number of nitrogens with zero attached hydrogens (tertiary/aromatic N) is 1. The molecule has 0 unspecified atom stereocenters. The fraction of sp³-hybridized carbons (Fsp3) is 0.176. The van der Waals surface area contributed by atoms with Crippen molar-refractivity contribution < 1.29 is 9.53 Å². The lowest BCUT2D eigenvalue weighted by Gasteiger charge is -2.09. The van der Waals surface area contributed by atoms with Crippen molar-refractivity contribution >= 4 is 40.1 Å². The number of fused-ring (bicyclic) bond motifs is 1. The molecule has 24 heavy (non-hydrogen) atoms. The van der Waals surface area contributed by atoms with Crippen molar-refractivity contribution in [2.45, 2.75) is 6.42 Å². The summed E-state index contributed by atoms with van der Waals surface area (Å²) in [6.45, 7) is 0.339. The fourth-order valence-corrected chi connectivity index (χ4v) is 2.58. The number of H-pyrrole nitrogens is 1. The van der Waals surface area contributed by atoms with Gasteiger partial charge in [0.25, 0.3) is 5.91 Å². The summed E-state index contributed by atoms with van der Waals surface area (Å²) < 4.78 is 5.38. The second-order valence-electron chi connectivity index (χ2n) is 5.14. The van der Waals surface area contributed by atoms with Gasteiger partial charge in [-0.1, -0.05) is 41.4 Å². The summed E-state index contributed by atoms with van der Waals surface area (Å²) >= 11 is 11.9. The van der Waals surface area contributed by atoms with Crippen LogP contribution in [0.3, 0.4) is 0 Å². The molecule has 5 nitrogen and oxygen atoms in total. The van der Waals surface area contributed by atoms with E-state index in [2.05, 4.69) is 15.3 Å². The first-order valence-electron chi connectivity index (χ1n) is 7.40. The largest absolute Gasteiger partial charge is 0.482 e. The van der Waals surface area contributed by atoms with Gasteiger partial charge in [-0.05, 0) is 24.3 Å². The van der Waals surface area contributed by atoms with Crippen molar-refractivity contribution in [1.82, 2.24) is 15.3 Å². The number of ether oxygens (including phenoxy) is 1. The van der Waals surface area contributed by atoms with Gasteiger partial charge in [0.2, 0.25) is 0 Å². The Balaban J connectivity index is 1.46. The molecule has 3 aromatic rings. The van der Waals surface area contributed by atoms with Gasteiger partial charge in [0.1, 0.15) is 16.6 Å². The summed E-state index contributed by atoms with van der Waals surface area (Å²) in [6.07, 6.45) is 0.609. The Morgan fingerprint density at radius 1 is 1.17 bits per heavy atom. The van der Waals surface area contributed by atoms with E-state index in [0.717, 1.165) is 16.9 Å². The molecule has 0 bridgehead atoms. The molecule has 0 spiro atoms. The number of carbonyl (C=O) groups is 1. The van der Waals surface area contributed by atoms with E-state index in [1.165, 1.54) is 0 Å². The van der Waals surface area contributed by atoms with Crippen LogP contribution in [-0.4, -0.2) is 29.0 Å². The highest BCUT2D eigenvalue weighted by Gasteiger charge is 2.08. The summed E-state index contributed by atoms with van der Waals surface area (Å²) in [6, 6.07) is 12.8. The SMILES string of the molecule is O=C(COc1cccc(Cl)c1Cl)NCCc1nc2ccccc2[nH]1. The van der Waals surface area contributed by atoms with Gasteiger partial charge in [0.15, 0.2) is 6.61 Å². The van der Waals surface area contributed by atoms with Crippen molar-refractivity contribution in [3.8, 4) is 5.75 Å². The Labute approximate surface area is 148 Å². The monoisotopic (exact) mass is 363 g/mol. The number of rotatable bonds is 6. The summed E-state index contributed by atoms with van der Waals surface area (Å²) in [5.41, 5.74) is 1.90. The molecule has 0 atom stereocenters. The van der Waals surface area contributed by atoms with Crippen LogP contribution in [0.5, 0.6) is 5.75 Å². The molecule has 1 heterocycles. The molecule has 0 fully saturated rings. The Bertz CT molecular complexity index is 831. The van der Waals surface area contributed by atoms with Gasteiger partial charge in [0, 0.05) is 13.0 Å². The number of benzene rings is 2. The number of aromatic nitrogens is 2. The molecule has 0 aliphatic carbocycles. The minimum absolute atomic E-state index is 0.125. The van der Waals surface area contributed by atoms with Gasteiger partial charge in [-0.3, -0.25) is 4.79 Å². The first-order valence-corrected chi connectivity index (χ1v) is 8.16. The molecule has 1 amide bonds. The molecule has 1 aromatic heterocycles. The van der Waals surface area contributed by atoms with Gasteiger partial charge in [-0.2, -0.15) is 0 Å². The molecule has 2 N–H and O–H groups in total. The van der Waals surface area contributed by atoms with Crippen LogP contribution in [0.4, 0.5) is 0 Å². The van der Waals surface area contributed by atoms with Crippen LogP contribution >= 0.6 is 23.2 Å². The van der Waals surface area contributed by atoms with E-state index in [-0.39, 0.29) is 12.5 Å². The predicted molar refractivity (Wildman–Crippen MR) is 94.8 cm³/mol. The van der Waals surface area contributed by atoms with Crippen LogP contribution < -0.4 is 10.1 Å². The van der Waals surface area contributed by atoms with Crippen LogP contribution in [0, 0.1) is 0 Å². The molecule has 7 heteroatoms. The average molecular weight is 364 g/mol. The van der Waals surface area contributed by atoms with Crippen LogP contribution in [-0.2, 0) is 11.2 Å². The van der Waals surface area contributed by atoms with Gasteiger partial charge in [0.05, 0.1) is 16.1 Å². The van der Waals surface area contributed by atoms with Crippen molar-refractivity contribution in [2.75, 3.05) is 13.2 Å². The maximum Gasteiger partial charge on any atom is 0.257 e. The number of halogens is 2. The van der Waals surface area contributed by atoms with Crippen LogP contribution in [0.15, 0.2) is 42.5 Å². The van der Waals surface area contributed by atoms with Crippen molar-refractivity contribution in [3.63, 3.8) is 0 Å². The molecule has 2 aromatic carbocycles. The van der Waals surface area contributed by atoms with E-state index in [1.807, 2.05) is 24.3 Å². The number of amides is 1. The first-order chi connectivity index (χ1) is 11.6. The highest BCUT2D eigenvalue weighted by atomic mass is 35.5. The highest BCUT2D eigenvalue weighted by Crippen LogP contribution is 2.31. The van der Waals surface area contributed by atoms with Crippen molar-refractivity contribution in [1.29, 1.82) is 0 Å². The molecular weight excluding hydrogens is 349 g/mol. The minimum Gasteiger partial charge on any atom is -0.482 e. The molecule has 0 saturated carbocycles. The van der Waals surface area contributed by atoms with E-state index in [4.69, 9.17) is 27.9 Å². The zero-order valence-corrected chi connectivity index (χ0v) is 14.2. The third-order valence-electron chi connectivity index (χ3n) is 3.40. The Morgan fingerprint density at radius 2 is 2.00 bits per heavy atom. The molecule has 124 valence electrons. The second-order valence-corrected chi connectivity index (χ2v) is 5.93. The Hall–Kier alpha value is -2.24. The molecule has 0 saturated heterocycles. The van der Waals surface area contributed by atoms with Crippen LogP contribution in [0.1, 0.15) is 5.82 Å². The third kappa shape index (κ3) is 3.99. The number of nitrogens with one attached hydrogen (secondary N) is 2. The number of carbonyl (C=O) groups excluding carboxylic acids is 1. The zero-order valence-electron chi connectivity index (χ0n) is 12.7. The standard InChI is InChI=1S/C17H15Cl2N3O2/c18-11-4-3-7-14(17(11)19)24-10-16(23)20-9-8-15-21-12-5-1-2-6-13(12)22-15/h1-7H,8-10H2,(H,20,23)(H,21,22). The Morgan fingerprint density at radius 3 is 2.83 bits per heavy atom. The lowest BCUT2D eigenvalue weighted by Crippen LogP contribution is -2.30. The quantitative estimate of drug-likeness (QED) is 0.702. The summed E-state index contributed by atoms with van der Waals surface area (Å²) in [4.78, 5) is 19.5. The molecular formula is C17H15Cl2N3O2. The number of aromatic amines is 1. The zero-order chi connectivity index (χ0) is 16.9. The number of hydrogen-bond acceptors (Lipinski definition) is 3. The molecule has 0 radical (unpaired) electrons. The minimum atomic E-state index is -0.234. The fourth-order valence-electron chi connectivity index (χ4n) is 2.23. The highest BCUT2D eigenvalue weighted by molar-refractivity contribution is 6.42. The normalized spacial score (nSPS) is 10.8. The second kappa shape index (κ2) is 7.55. The Kier molecular flexibility index (Phi) is 5.23. The maximum absolute atomic E-state index is 11.8. The lowest BCUT2D eigenvalue weighted by molar-refractivity contribution is -0.123. The van der Waals surface area contributed by atoms with E-state index >= 15 is 0 Å². The van der Waals surface area contributed by atoms with Gasteiger partial charge < -0.3 is 15.0 Å². The number of hydrogen-bond donors (Lipinski definition) is 2. The summed E-state index contributed by atoms with van der Waals surface area (Å²) in [7, 11) is 0. The topological polar surface area (TPSA) is 67.0 Å². The smallest absolute Gasteiger partial charge is 0.257 e. The van der Waals surface area contributed by atoms with Gasteiger partial charge >= 0.3 is 0 Å². The summed E-state index contributed by atoms with van der Waals surface area (Å²) in [5.74, 6) is 0.981. The molecule has 0 aliphatic heterocycles. The van der Waals surface area contributed by atoms with Gasteiger partial charge in [-0.25, -0.2) is 4.98 Å². The van der Waals surface area contributed by atoms with Crippen molar-refractivity contribution in [2.24, 2.45) is 0 Å². The first kappa shape index (κ1) is 16.6. The van der Waals surface area contributed by atoms with E-state index in [9.17, 15) is 4.79 Å². The average Bonchev–Trinajstić information content (AvgIpc) is 2.99.